The van der Waals surface area contributed by atoms with E-state index in [2.05, 4.69) is 23.9 Å². The molecule has 3 rings (SSSR count). The molecule has 21 heavy (non-hydrogen) atoms. The lowest BCUT2D eigenvalue weighted by atomic mass is 9.86. The minimum Gasteiger partial charge on any atom is -0.299 e. The van der Waals surface area contributed by atoms with E-state index in [1.807, 2.05) is 12.1 Å². The molecule has 0 saturated heterocycles. The lowest BCUT2D eigenvalue weighted by molar-refractivity contribution is 0.164. The summed E-state index contributed by atoms with van der Waals surface area (Å²) in [6.07, 6.45) is 6.91. The van der Waals surface area contributed by atoms with Crippen LogP contribution in [0.15, 0.2) is 30.5 Å². The van der Waals surface area contributed by atoms with Gasteiger partial charge in [-0.3, -0.25) is 9.88 Å². The average Bonchev–Trinajstić information content (AvgIpc) is 2.51. The third-order valence-corrected chi connectivity index (χ3v) is 4.83. The number of hydrogen-bond acceptors (Lipinski definition) is 2. The van der Waals surface area contributed by atoms with Gasteiger partial charge in [-0.2, -0.15) is 0 Å². The Bertz CT molecular complexity index is 618. The lowest BCUT2D eigenvalue weighted by Gasteiger charge is -2.33. The van der Waals surface area contributed by atoms with E-state index in [9.17, 15) is 4.39 Å². The number of hydrogen-bond donors (Lipinski definition) is 0. The Morgan fingerprint density at radius 2 is 1.95 bits per heavy atom. The van der Waals surface area contributed by atoms with Crippen LogP contribution < -0.4 is 0 Å². The number of nitrogens with zero attached hydrogens (tertiary/aromatic N) is 2. The van der Waals surface area contributed by atoms with Gasteiger partial charge in [0.1, 0.15) is 5.82 Å². The average molecular weight is 286 g/mol. The van der Waals surface area contributed by atoms with Crippen molar-refractivity contribution in [2.45, 2.75) is 45.2 Å². The summed E-state index contributed by atoms with van der Waals surface area (Å²) in [5, 5.41) is 0.626. The van der Waals surface area contributed by atoms with Crippen LogP contribution in [0.25, 0.3) is 10.9 Å². The fourth-order valence-corrected chi connectivity index (χ4v) is 3.41. The molecule has 1 fully saturated rings. The number of pyridine rings is 1. The zero-order valence-corrected chi connectivity index (χ0v) is 12.8. The van der Waals surface area contributed by atoms with E-state index in [1.54, 1.807) is 18.3 Å². The van der Waals surface area contributed by atoms with Gasteiger partial charge in [0.25, 0.3) is 0 Å². The molecule has 0 N–H and O–H groups in total. The first-order valence-corrected chi connectivity index (χ1v) is 7.87. The van der Waals surface area contributed by atoms with Crippen molar-refractivity contribution in [2.24, 2.45) is 5.92 Å². The highest BCUT2D eigenvalue weighted by molar-refractivity contribution is 5.82. The second-order valence-corrected chi connectivity index (χ2v) is 6.43. The molecule has 1 aromatic carbocycles. The molecule has 0 unspecified atom stereocenters. The summed E-state index contributed by atoms with van der Waals surface area (Å²) < 4.78 is 13.8. The predicted octanol–water partition coefficient (Wildman–Crippen LogP) is 4.38. The van der Waals surface area contributed by atoms with Gasteiger partial charge >= 0.3 is 0 Å². The van der Waals surface area contributed by atoms with Crippen molar-refractivity contribution in [1.29, 1.82) is 0 Å². The molecule has 1 aromatic heterocycles. The van der Waals surface area contributed by atoms with E-state index >= 15 is 0 Å². The van der Waals surface area contributed by atoms with Gasteiger partial charge in [-0.25, -0.2) is 4.39 Å². The minimum absolute atomic E-state index is 0.184. The summed E-state index contributed by atoms with van der Waals surface area (Å²) in [6, 6.07) is 7.69. The Balaban J connectivity index is 1.80. The Morgan fingerprint density at radius 1 is 1.19 bits per heavy atom. The Morgan fingerprint density at radius 3 is 2.71 bits per heavy atom. The maximum absolute atomic E-state index is 13.8. The standard InChI is InChI=1S/C18H23FN2/c1-13-5-8-15(9-6-13)21(2)12-14-7-10-17(19)16-4-3-11-20-18(14)16/h3-4,7,10-11,13,15H,5-6,8-9,12H2,1-2H3. The molecule has 2 nitrogen and oxygen atoms in total. The van der Waals surface area contributed by atoms with E-state index in [0.29, 0.717) is 11.4 Å². The largest absolute Gasteiger partial charge is 0.299 e. The molecule has 1 aliphatic rings. The van der Waals surface area contributed by atoms with Crippen LogP contribution in [0.5, 0.6) is 0 Å². The number of fused-ring (bicyclic) bond motifs is 1. The first kappa shape index (κ1) is 14.5. The highest BCUT2D eigenvalue weighted by Gasteiger charge is 2.22. The second-order valence-electron chi connectivity index (χ2n) is 6.43. The van der Waals surface area contributed by atoms with Gasteiger partial charge in [0.15, 0.2) is 0 Å². The van der Waals surface area contributed by atoms with E-state index in [-0.39, 0.29) is 5.82 Å². The predicted molar refractivity (Wildman–Crippen MR) is 84.6 cm³/mol. The highest BCUT2D eigenvalue weighted by Crippen LogP contribution is 2.28. The topological polar surface area (TPSA) is 16.1 Å². The van der Waals surface area contributed by atoms with Crippen molar-refractivity contribution >= 4 is 10.9 Å². The molecule has 1 aliphatic carbocycles. The van der Waals surface area contributed by atoms with Crippen LogP contribution in [0.3, 0.4) is 0 Å². The molecule has 1 saturated carbocycles. The molecular weight excluding hydrogens is 263 g/mol. The monoisotopic (exact) mass is 286 g/mol. The van der Waals surface area contributed by atoms with Gasteiger partial charge in [0, 0.05) is 24.2 Å². The molecule has 0 radical (unpaired) electrons. The van der Waals surface area contributed by atoms with Crippen LogP contribution in [-0.2, 0) is 6.54 Å². The third-order valence-electron chi connectivity index (χ3n) is 4.83. The molecule has 0 bridgehead atoms. The van der Waals surface area contributed by atoms with Gasteiger partial charge in [-0.15, -0.1) is 0 Å². The SMILES string of the molecule is CC1CCC(N(C)Cc2ccc(F)c3cccnc23)CC1. The number of aromatic nitrogens is 1. The first-order chi connectivity index (χ1) is 10.1. The van der Waals surface area contributed by atoms with Crippen molar-refractivity contribution in [1.82, 2.24) is 9.88 Å². The fourth-order valence-electron chi connectivity index (χ4n) is 3.41. The van der Waals surface area contributed by atoms with Crippen molar-refractivity contribution in [3.8, 4) is 0 Å². The minimum atomic E-state index is -0.184. The van der Waals surface area contributed by atoms with E-state index in [0.717, 1.165) is 23.5 Å². The smallest absolute Gasteiger partial charge is 0.132 e. The van der Waals surface area contributed by atoms with Crippen molar-refractivity contribution in [3.63, 3.8) is 0 Å². The quantitative estimate of drug-likeness (QED) is 0.832. The molecule has 0 atom stereocenters. The van der Waals surface area contributed by atoms with E-state index in [1.165, 1.54) is 25.7 Å². The normalized spacial score (nSPS) is 22.9. The van der Waals surface area contributed by atoms with Crippen LogP contribution in [0, 0.1) is 11.7 Å². The van der Waals surface area contributed by atoms with Gasteiger partial charge in [0.05, 0.1) is 5.52 Å². The number of rotatable bonds is 3. The maximum atomic E-state index is 13.8. The molecule has 1 heterocycles. The second kappa shape index (κ2) is 6.10. The lowest BCUT2D eigenvalue weighted by Crippen LogP contribution is -2.34. The summed E-state index contributed by atoms with van der Waals surface area (Å²) in [5.41, 5.74) is 1.92. The molecule has 3 heteroatoms. The van der Waals surface area contributed by atoms with Gasteiger partial charge in [-0.1, -0.05) is 13.0 Å². The summed E-state index contributed by atoms with van der Waals surface area (Å²) in [5.74, 6) is 0.680. The summed E-state index contributed by atoms with van der Waals surface area (Å²) in [6.45, 7) is 3.18. The third kappa shape index (κ3) is 3.08. The van der Waals surface area contributed by atoms with Gasteiger partial charge < -0.3 is 0 Å². The molecule has 112 valence electrons. The number of halogens is 1. The van der Waals surface area contributed by atoms with Crippen molar-refractivity contribution in [3.05, 3.63) is 41.8 Å². The zero-order valence-electron chi connectivity index (χ0n) is 12.8. The first-order valence-electron chi connectivity index (χ1n) is 7.87. The van der Waals surface area contributed by atoms with Gasteiger partial charge in [-0.05, 0) is 62.4 Å². The molecule has 0 aliphatic heterocycles. The van der Waals surface area contributed by atoms with Crippen LogP contribution in [0.4, 0.5) is 4.39 Å². The fraction of sp³-hybridized carbons (Fsp3) is 0.500. The maximum Gasteiger partial charge on any atom is 0.132 e. The highest BCUT2D eigenvalue weighted by atomic mass is 19.1. The van der Waals surface area contributed by atoms with Crippen LogP contribution in [0.1, 0.15) is 38.2 Å². The number of benzene rings is 1. The van der Waals surface area contributed by atoms with Crippen molar-refractivity contribution in [2.75, 3.05) is 7.05 Å². The van der Waals surface area contributed by atoms with E-state index < -0.39 is 0 Å². The van der Waals surface area contributed by atoms with Crippen LogP contribution in [-0.4, -0.2) is 23.0 Å². The summed E-state index contributed by atoms with van der Waals surface area (Å²) in [4.78, 5) is 6.80. The molecular formula is C18H23FN2. The molecule has 0 spiro atoms. The van der Waals surface area contributed by atoms with Crippen LogP contribution >= 0.6 is 0 Å². The van der Waals surface area contributed by atoms with E-state index in [4.69, 9.17) is 0 Å². The summed E-state index contributed by atoms with van der Waals surface area (Å²) >= 11 is 0. The summed E-state index contributed by atoms with van der Waals surface area (Å²) in [7, 11) is 2.18. The molecule has 0 amide bonds. The zero-order chi connectivity index (χ0) is 14.8. The molecule has 2 aromatic rings. The van der Waals surface area contributed by atoms with Crippen LogP contribution in [0.2, 0.25) is 0 Å². The Labute approximate surface area is 126 Å². The Kier molecular flexibility index (Phi) is 4.20. The van der Waals surface area contributed by atoms with Crippen molar-refractivity contribution < 1.29 is 4.39 Å². The van der Waals surface area contributed by atoms with Gasteiger partial charge in [0.2, 0.25) is 0 Å². The Hall–Kier alpha value is -1.48.